The van der Waals surface area contributed by atoms with Crippen LogP contribution in [0.3, 0.4) is 0 Å². The molecule has 0 spiro atoms. The topological polar surface area (TPSA) is 26.3 Å². The van der Waals surface area contributed by atoms with Crippen LogP contribution in [0.2, 0.25) is 0 Å². The number of fused-ring (bicyclic) bond motifs is 5. The van der Waals surface area contributed by atoms with E-state index in [4.69, 9.17) is 8.83 Å². The van der Waals surface area contributed by atoms with Gasteiger partial charge in [-0.05, 0) is 0 Å². The summed E-state index contributed by atoms with van der Waals surface area (Å²) in [5.74, 6) is 0. The first kappa shape index (κ1) is 11.7. The van der Waals surface area contributed by atoms with Crippen LogP contribution in [0, 0.1) is 13.8 Å². The van der Waals surface area contributed by atoms with Crippen molar-refractivity contribution in [1.29, 1.82) is 0 Å². The molecule has 0 aliphatic carbocycles. The molecule has 2 aromatic carbocycles. The van der Waals surface area contributed by atoms with E-state index >= 15 is 0 Å². The van der Waals surface area contributed by atoms with E-state index in [0.717, 1.165) is 11.2 Å². The van der Waals surface area contributed by atoms with Gasteiger partial charge in [-0.2, -0.15) is 0 Å². The molecule has 0 saturated carbocycles. The van der Waals surface area contributed by atoms with Crippen LogP contribution in [0.1, 0.15) is 11.1 Å². The maximum absolute atomic E-state index is 5.66. The molecule has 3 heteroatoms. The molecule has 102 valence electrons. The average molecular weight is 339 g/mol. The fourth-order valence-corrected chi connectivity index (χ4v) is 5.92. The molecule has 0 radical (unpaired) electrons. The molecule has 0 fully saturated rings. The van der Waals surface area contributed by atoms with Gasteiger partial charge in [0.25, 0.3) is 0 Å². The molecule has 0 N–H and O–H groups in total. The van der Waals surface area contributed by atoms with E-state index in [2.05, 4.69) is 38.1 Å². The van der Waals surface area contributed by atoms with Gasteiger partial charge >= 0.3 is 126 Å². The third-order valence-electron chi connectivity index (χ3n) is 4.34. The van der Waals surface area contributed by atoms with Crippen molar-refractivity contribution in [1.82, 2.24) is 0 Å². The van der Waals surface area contributed by atoms with Gasteiger partial charge in [-0.25, -0.2) is 0 Å². The Bertz CT molecular complexity index is 1060. The van der Waals surface area contributed by atoms with Gasteiger partial charge in [0.15, 0.2) is 0 Å². The zero-order valence-corrected chi connectivity index (χ0v) is 13.4. The Labute approximate surface area is 126 Å². The standard InChI is InChI=1S/C18H12O2Se/c1-9-15-11(3-5-19-15)7-13-14-8-12-4-6-20-16(12)10(2)18(14)21-17(9)13/h3-8H,1-2H3. The summed E-state index contributed by atoms with van der Waals surface area (Å²) in [4.78, 5) is 0. The van der Waals surface area contributed by atoms with Crippen molar-refractivity contribution in [3.63, 3.8) is 0 Å². The van der Waals surface area contributed by atoms with Gasteiger partial charge in [-0.3, -0.25) is 0 Å². The summed E-state index contributed by atoms with van der Waals surface area (Å²) < 4.78 is 14.2. The number of aryl methyl sites for hydroxylation is 2. The minimum absolute atomic E-state index is 0.320. The fourth-order valence-electron chi connectivity index (χ4n) is 3.29. The van der Waals surface area contributed by atoms with Crippen molar-refractivity contribution in [3.05, 3.63) is 47.9 Å². The third kappa shape index (κ3) is 1.38. The van der Waals surface area contributed by atoms with Crippen molar-refractivity contribution in [2.45, 2.75) is 13.8 Å². The van der Waals surface area contributed by atoms with Crippen LogP contribution in [0.4, 0.5) is 0 Å². The minimum atomic E-state index is 0.320. The third-order valence-corrected chi connectivity index (χ3v) is 7.40. The van der Waals surface area contributed by atoms with Crippen LogP contribution in [0.25, 0.3) is 41.2 Å². The number of hydrogen-bond acceptors (Lipinski definition) is 2. The maximum atomic E-state index is 5.66. The molecular weight excluding hydrogens is 327 g/mol. The molecular formula is C18H12O2Se. The van der Waals surface area contributed by atoms with Crippen LogP contribution < -0.4 is 0 Å². The Hall–Kier alpha value is -1.96. The van der Waals surface area contributed by atoms with Crippen LogP contribution in [0.5, 0.6) is 0 Å². The normalized spacial score (nSPS) is 12.3. The van der Waals surface area contributed by atoms with Gasteiger partial charge in [0.1, 0.15) is 0 Å². The predicted molar refractivity (Wildman–Crippen MR) is 87.4 cm³/mol. The van der Waals surface area contributed by atoms with Crippen molar-refractivity contribution in [2.24, 2.45) is 0 Å². The van der Waals surface area contributed by atoms with Gasteiger partial charge in [0.05, 0.1) is 0 Å². The number of benzene rings is 2. The number of rotatable bonds is 0. The quantitative estimate of drug-likeness (QED) is 0.364. The molecule has 3 aromatic heterocycles. The van der Waals surface area contributed by atoms with E-state index in [1.165, 1.54) is 41.2 Å². The summed E-state index contributed by atoms with van der Waals surface area (Å²) in [6.07, 6.45) is 3.57. The second-order valence-electron chi connectivity index (χ2n) is 5.54. The molecule has 0 bridgehead atoms. The summed E-state index contributed by atoms with van der Waals surface area (Å²) in [5, 5.41) is 5.14. The summed E-state index contributed by atoms with van der Waals surface area (Å²) in [5.41, 5.74) is 4.65. The van der Waals surface area contributed by atoms with Crippen molar-refractivity contribution in [3.8, 4) is 0 Å². The Morgan fingerprint density at radius 1 is 0.762 bits per heavy atom. The molecule has 21 heavy (non-hydrogen) atoms. The van der Waals surface area contributed by atoms with Crippen molar-refractivity contribution >= 4 is 55.7 Å². The fraction of sp³-hybridized carbons (Fsp3) is 0.111. The number of furan rings is 2. The first-order valence-electron chi connectivity index (χ1n) is 6.94. The molecule has 0 aliphatic heterocycles. The monoisotopic (exact) mass is 340 g/mol. The van der Waals surface area contributed by atoms with Crippen LogP contribution in [-0.4, -0.2) is 14.5 Å². The van der Waals surface area contributed by atoms with E-state index in [-0.39, 0.29) is 0 Å². The molecule has 0 unspecified atom stereocenters. The second-order valence-corrected chi connectivity index (χ2v) is 7.68. The first-order valence-corrected chi connectivity index (χ1v) is 8.65. The Morgan fingerprint density at radius 2 is 1.24 bits per heavy atom. The predicted octanol–water partition coefficient (Wildman–Crippen LogP) is 5.16. The van der Waals surface area contributed by atoms with Crippen LogP contribution >= 0.6 is 0 Å². The van der Waals surface area contributed by atoms with Crippen molar-refractivity contribution < 1.29 is 8.83 Å². The number of hydrogen-bond donors (Lipinski definition) is 0. The molecule has 5 rings (SSSR count). The zero-order valence-electron chi connectivity index (χ0n) is 11.7. The molecule has 5 aromatic rings. The van der Waals surface area contributed by atoms with Gasteiger partial charge < -0.3 is 0 Å². The molecule has 0 atom stereocenters. The summed E-state index contributed by atoms with van der Waals surface area (Å²) >= 11 is 0.320. The molecule has 0 aliphatic rings. The summed E-state index contributed by atoms with van der Waals surface area (Å²) in [6, 6.07) is 8.66. The Morgan fingerprint density at radius 3 is 1.71 bits per heavy atom. The van der Waals surface area contributed by atoms with E-state index in [0.29, 0.717) is 14.5 Å². The molecule has 0 amide bonds. The van der Waals surface area contributed by atoms with Gasteiger partial charge in [-0.15, -0.1) is 0 Å². The van der Waals surface area contributed by atoms with Gasteiger partial charge in [-0.1, -0.05) is 0 Å². The summed E-state index contributed by atoms with van der Waals surface area (Å²) in [7, 11) is 0. The summed E-state index contributed by atoms with van der Waals surface area (Å²) in [6.45, 7) is 4.36. The van der Waals surface area contributed by atoms with Gasteiger partial charge in [0.2, 0.25) is 0 Å². The van der Waals surface area contributed by atoms with E-state index < -0.39 is 0 Å². The second kappa shape index (κ2) is 3.82. The van der Waals surface area contributed by atoms with Crippen LogP contribution in [0.15, 0.2) is 45.6 Å². The molecule has 2 nitrogen and oxygen atoms in total. The molecule has 0 saturated heterocycles. The SMILES string of the molecule is Cc1c2occc2cc2c1[se]c1c(C)c3occc3cc12. The Balaban J connectivity index is 2.11. The van der Waals surface area contributed by atoms with E-state index in [1.54, 1.807) is 12.5 Å². The Kier molecular flexibility index (Phi) is 2.12. The van der Waals surface area contributed by atoms with Gasteiger partial charge in [0, 0.05) is 0 Å². The molecule has 3 heterocycles. The van der Waals surface area contributed by atoms with E-state index in [9.17, 15) is 0 Å². The van der Waals surface area contributed by atoms with Crippen LogP contribution in [-0.2, 0) is 0 Å². The van der Waals surface area contributed by atoms with E-state index in [1.807, 2.05) is 0 Å². The average Bonchev–Trinajstić information content (AvgIpc) is 3.18. The van der Waals surface area contributed by atoms with Crippen molar-refractivity contribution in [2.75, 3.05) is 0 Å². The first-order chi connectivity index (χ1) is 10.2. The zero-order chi connectivity index (χ0) is 14.1.